The average Bonchev–Trinajstić information content (AvgIpc) is 3.46. The van der Waals surface area contributed by atoms with Crippen LogP contribution in [-0.2, 0) is 22.6 Å². The lowest BCUT2D eigenvalue weighted by Gasteiger charge is -2.12. The van der Waals surface area contributed by atoms with Crippen LogP contribution in [0.15, 0.2) is 65.8 Å². The van der Waals surface area contributed by atoms with Crippen molar-refractivity contribution in [3.05, 3.63) is 83.4 Å². The summed E-state index contributed by atoms with van der Waals surface area (Å²) in [6.45, 7) is 1.68. The van der Waals surface area contributed by atoms with Gasteiger partial charge < -0.3 is 14.6 Å². The number of ether oxygens (including phenoxy) is 1. The van der Waals surface area contributed by atoms with Crippen molar-refractivity contribution >= 4 is 23.7 Å². The van der Waals surface area contributed by atoms with Gasteiger partial charge in [-0.2, -0.15) is 0 Å². The Labute approximate surface area is 190 Å². The Morgan fingerprint density at radius 3 is 2.88 bits per heavy atom. The highest BCUT2D eigenvalue weighted by Gasteiger charge is 2.19. The quantitative estimate of drug-likeness (QED) is 0.392. The van der Waals surface area contributed by atoms with E-state index in [1.807, 2.05) is 22.8 Å². The number of amides is 1. The first-order valence-corrected chi connectivity index (χ1v) is 11.6. The molecule has 0 aliphatic carbocycles. The Bertz CT molecular complexity index is 1060. The molecule has 0 radical (unpaired) electrons. The molecule has 1 aliphatic rings. The summed E-state index contributed by atoms with van der Waals surface area (Å²) < 4.78 is 21.0. The van der Waals surface area contributed by atoms with Gasteiger partial charge in [-0.25, -0.2) is 4.39 Å². The first-order chi connectivity index (χ1) is 15.7. The number of halogens is 1. The first-order valence-electron chi connectivity index (χ1n) is 10.6. The van der Waals surface area contributed by atoms with Crippen LogP contribution in [0.4, 0.5) is 4.39 Å². The highest BCUT2D eigenvalue weighted by molar-refractivity contribution is 7.99. The Morgan fingerprint density at radius 1 is 1.22 bits per heavy atom. The topological polar surface area (TPSA) is 69.0 Å². The van der Waals surface area contributed by atoms with Crippen LogP contribution in [-0.4, -0.2) is 39.1 Å². The van der Waals surface area contributed by atoms with Gasteiger partial charge in [-0.3, -0.25) is 4.79 Å². The largest absolute Gasteiger partial charge is 0.377 e. The SMILES string of the molecule is O=C(C=Cc1cccc(F)c1)NCc1nnc(SCC2CCCO2)n1Cc1ccccc1. The highest BCUT2D eigenvalue weighted by Crippen LogP contribution is 2.24. The zero-order valence-electron chi connectivity index (χ0n) is 17.6. The van der Waals surface area contributed by atoms with Gasteiger partial charge in [0.2, 0.25) is 5.91 Å². The van der Waals surface area contributed by atoms with Crippen molar-refractivity contribution in [3.63, 3.8) is 0 Å². The number of carbonyl (C=O) groups excluding carboxylic acids is 1. The maximum Gasteiger partial charge on any atom is 0.244 e. The van der Waals surface area contributed by atoms with E-state index in [0.29, 0.717) is 17.9 Å². The standard InChI is InChI=1S/C24H25FN4O2S/c25-20-9-4-8-18(14-20)11-12-23(30)26-15-22-27-28-24(32-17-21-10-5-13-31-21)29(22)16-19-6-2-1-3-7-19/h1-4,6-9,11-12,14,21H,5,10,13,15-17H2,(H,26,30). The lowest BCUT2D eigenvalue weighted by atomic mass is 10.2. The van der Waals surface area contributed by atoms with E-state index in [4.69, 9.17) is 4.74 Å². The number of nitrogens with zero attached hydrogens (tertiary/aromatic N) is 3. The second kappa shape index (κ2) is 11.1. The van der Waals surface area contributed by atoms with Gasteiger partial charge in [0.25, 0.3) is 0 Å². The van der Waals surface area contributed by atoms with Gasteiger partial charge in [-0.1, -0.05) is 54.2 Å². The molecule has 1 unspecified atom stereocenters. The van der Waals surface area contributed by atoms with Crippen LogP contribution < -0.4 is 5.32 Å². The van der Waals surface area contributed by atoms with Crippen LogP contribution in [0.5, 0.6) is 0 Å². The smallest absolute Gasteiger partial charge is 0.244 e. The molecule has 8 heteroatoms. The van der Waals surface area contributed by atoms with Crippen molar-refractivity contribution in [2.75, 3.05) is 12.4 Å². The van der Waals surface area contributed by atoms with Gasteiger partial charge >= 0.3 is 0 Å². The van der Waals surface area contributed by atoms with E-state index in [-0.39, 0.29) is 24.4 Å². The number of hydrogen-bond donors (Lipinski definition) is 1. The molecule has 1 amide bonds. The normalized spacial score (nSPS) is 16.0. The van der Waals surface area contributed by atoms with E-state index in [2.05, 4.69) is 27.6 Å². The highest BCUT2D eigenvalue weighted by atomic mass is 32.2. The van der Waals surface area contributed by atoms with Crippen molar-refractivity contribution in [3.8, 4) is 0 Å². The minimum absolute atomic E-state index is 0.243. The summed E-state index contributed by atoms with van der Waals surface area (Å²) in [5, 5.41) is 12.3. The number of benzene rings is 2. The van der Waals surface area contributed by atoms with E-state index >= 15 is 0 Å². The molecule has 1 aliphatic heterocycles. The predicted molar refractivity (Wildman–Crippen MR) is 123 cm³/mol. The van der Waals surface area contributed by atoms with Gasteiger partial charge in [0.15, 0.2) is 11.0 Å². The van der Waals surface area contributed by atoms with Crippen LogP contribution in [0, 0.1) is 5.82 Å². The van der Waals surface area contributed by atoms with Gasteiger partial charge in [-0.05, 0) is 42.2 Å². The zero-order chi connectivity index (χ0) is 22.2. The monoisotopic (exact) mass is 452 g/mol. The van der Waals surface area contributed by atoms with Crippen molar-refractivity contribution in [1.29, 1.82) is 0 Å². The molecule has 3 aromatic rings. The number of aromatic nitrogens is 3. The molecule has 1 N–H and O–H groups in total. The number of carbonyl (C=O) groups is 1. The second-order valence-electron chi connectivity index (χ2n) is 7.52. The molecule has 1 atom stereocenters. The number of rotatable bonds is 9. The third-order valence-corrected chi connectivity index (χ3v) is 6.19. The molecular weight excluding hydrogens is 427 g/mol. The van der Waals surface area contributed by atoms with Crippen molar-refractivity contribution in [2.24, 2.45) is 0 Å². The minimum Gasteiger partial charge on any atom is -0.377 e. The molecule has 1 saturated heterocycles. The summed E-state index contributed by atoms with van der Waals surface area (Å²) >= 11 is 1.63. The Kier molecular flexibility index (Phi) is 7.68. The first kappa shape index (κ1) is 22.2. The van der Waals surface area contributed by atoms with Crippen molar-refractivity contribution in [2.45, 2.75) is 37.2 Å². The van der Waals surface area contributed by atoms with Gasteiger partial charge in [0.05, 0.1) is 19.2 Å². The van der Waals surface area contributed by atoms with Gasteiger partial charge in [0, 0.05) is 18.4 Å². The molecule has 2 heterocycles. The summed E-state index contributed by atoms with van der Waals surface area (Å²) in [4.78, 5) is 12.3. The molecule has 1 fully saturated rings. The van der Waals surface area contributed by atoms with Crippen molar-refractivity contribution in [1.82, 2.24) is 20.1 Å². The lowest BCUT2D eigenvalue weighted by molar-refractivity contribution is -0.116. The summed E-state index contributed by atoms with van der Waals surface area (Å²) in [5.41, 5.74) is 1.75. The maximum atomic E-state index is 13.3. The zero-order valence-corrected chi connectivity index (χ0v) is 18.4. The lowest BCUT2D eigenvalue weighted by Crippen LogP contribution is -2.23. The third-order valence-electron chi connectivity index (χ3n) is 5.10. The number of hydrogen-bond acceptors (Lipinski definition) is 5. The van der Waals surface area contributed by atoms with Crippen LogP contribution in [0.2, 0.25) is 0 Å². The van der Waals surface area contributed by atoms with E-state index in [1.165, 1.54) is 18.2 Å². The van der Waals surface area contributed by atoms with Crippen LogP contribution in [0.1, 0.15) is 29.8 Å². The summed E-state index contributed by atoms with van der Waals surface area (Å²) in [5.74, 6) is 0.887. The molecule has 2 aromatic carbocycles. The van der Waals surface area contributed by atoms with Gasteiger partial charge in [0.1, 0.15) is 5.82 Å². The fourth-order valence-electron chi connectivity index (χ4n) is 3.43. The van der Waals surface area contributed by atoms with Crippen LogP contribution in [0.3, 0.4) is 0 Å². The molecule has 4 rings (SSSR count). The van der Waals surface area contributed by atoms with Crippen LogP contribution in [0.25, 0.3) is 6.08 Å². The number of nitrogens with one attached hydrogen (secondary N) is 1. The molecule has 166 valence electrons. The third kappa shape index (κ3) is 6.27. The number of thioether (sulfide) groups is 1. The molecule has 1 aromatic heterocycles. The molecule has 0 spiro atoms. The minimum atomic E-state index is -0.338. The summed E-state index contributed by atoms with van der Waals surface area (Å²) in [7, 11) is 0. The predicted octanol–water partition coefficient (Wildman–Crippen LogP) is 4.07. The fraction of sp³-hybridized carbons (Fsp3) is 0.292. The van der Waals surface area contributed by atoms with E-state index in [1.54, 1.807) is 30.0 Å². The Balaban J connectivity index is 1.42. The summed E-state index contributed by atoms with van der Waals surface area (Å²) in [6, 6.07) is 16.2. The molecular formula is C24H25FN4O2S. The van der Waals surface area contributed by atoms with E-state index in [9.17, 15) is 9.18 Å². The molecule has 32 heavy (non-hydrogen) atoms. The van der Waals surface area contributed by atoms with Gasteiger partial charge in [-0.15, -0.1) is 10.2 Å². The van der Waals surface area contributed by atoms with E-state index in [0.717, 1.165) is 35.9 Å². The molecule has 6 nitrogen and oxygen atoms in total. The fourth-order valence-corrected chi connectivity index (χ4v) is 4.45. The van der Waals surface area contributed by atoms with Crippen LogP contribution >= 0.6 is 11.8 Å². The Morgan fingerprint density at radius 2 is 2.09 bits per heavy atom. The summed E-state index contributed by atoms with van der Waals surface area (Å²) in [6.07, 6.45) is 5.39. The van der Waals surface area contributed by atoms with Crippen molar-refractivity contribution < 1.29 is 13.9 Å². The second-order valence-corrected chi connectivity index (χ2v) is 8.51. The average molecular weight is 453 g/mol. The molecule has 0 bridgehead atoms. The molecule has 0 saturated carbocycles. The maximum absolute atomic E-state index is 13.3. The van der Waals surface area contributed by atoms with E-state index < -0.39 is 0 Å². The Hall–Kier alpha value is -2.97.